The van der Waals surface area contributed by atoms with Gasteiger partial charge >= 0.3 is 0 Å². The summed E-state index contributed by atoms with van der Waals surface area (Å²) in [6.45, 7) is 5.88. The lowest BCUT2D eigenvalue weighted by Crippen LogP contribution is -2.44. The fourth-order valence-corrected chi connectivity index (χ4v) is 4.00. The predicted molar refractivity (Wildman–Crippen MR) is 135 cm³/mol. The number of hydrogen-bond acceptors (Lipinski definition) is 6. The number of aryl methyl sites for hydroxylation is 1. The second kappa shape index (κ2) is 12.2. The van der Waals surface area contributed by atoms with Gasteiger partial charge in [-0.25, -0.2) is 0 Å². The number of nitrogens with one attached hydrogen (secondary N) is 1. The largest absolute Gasteiger partial charge is 0.454 e. The quantitative estimate of drug-likeness (QED) is 0.409. The van der Waals surface area contributed by atoms with E-state index < -0.39 is 6.04 Å². The van der Waals surface area contributed by atoms with Gasteiger partial charge in [-0.3, -0.25) is 14.6 Å². The molecule has 1 aliphatic heterocycles. The van der Waals surface area contributed by atoms with E-state index >= 15 is 0 Å². The molecule has 0 bridgehead atoms. The van der Waals surface area contributed by atoms with Crippen molar-refractivity contribution in [3.05, 3.63) is 89.2 Å². The average Bonchev–Trinajstić information content (AvgIpc) is 3.37. The Hall–Kier alpha value is -3.91. The van der Waals surface area contributed by atoms with Gasteiger partial charge in [0.05, 0.1) is 0 Å². The van der Waals surface area contributed by atoms with Crippen molar-refractivity contribution in [3.63, 3.8) is 0 Å². The Kier molecular flexibility index (Phi) is 8.52. The van der Waals surface area contributed by atoms with E-state index in [1.54, 1.807) is 29.3 Å². The van der Waals surface area contributed by atoms with Crippen molar-refractivity contribution in [1.29, 1.82) is 0 Å². The van der Waals surface area contributed by atoms with E-state index in [4.69, 9.17) is 14.2 Å². The first-order chi connectivity index (χ1) is 17.6. The summed E-state index contributed by atoms with van der Waals surface area (Å²) in [6, 6.07) is 17.5. The maximum absolute atomic E-state index is 13.8. The summed E-state index contributed by atoms with van der Waals surface area (Å²) in [7, 11) is 0. The van der Waals surface area contributed by atoms with Crippen molar-refractivity contribution in [2.75, 3.05) is 26.6 Å². The van der Waals surface area contributed by atoms with Crippen LogP contribution < -0.4 is 14.8 Å². The molecule has 36 heavy (non-hydrogen) atoms. The molecule has 1 aliphatic rings. The third-order valence-electron chi connectivity index (χ3n) is 5.86. The second-order valence-corrected chi connectivity index (χ2v) is 8.49. The molecule has 0 spiro atoms. The Balaban J connectivity index is 1.68. The van der Waals surface area contributed by atoms with E-state index in [1.807, 2.05) is 56.3 Å². The van der Waals surface area contributed by atoms with Crippen LogP contribution in [0, 0.1) is 6.92 Å². The van der Waals surface area contributed by atoms with Crippen LogP contribution in [-0.2, 0) is 16.1 Å². The van der Waals surface area contributed by atoms with E-state index in [1.165, 1.54) is 0 Å². The third kappa shape index (κ3) is 6.20. The average molecular weight is 490 g/mol. The molecule has 2 amide bonds. The van der Waals surface area contributed by atoms with Crippen molar-refractivity contribution < 1.29 is 23.8 Å². The molecule has 0 unspecified atom stereocenters. The van der Waals surface area contributed by atoms with Gasteiger partial charge in [0.25, 0.3) is 5.91 Å². The zero-order chi connectivity index (χ0) is 25.3. The summed E-state index contributed by atoms with van der Waals surface area (Å²) in [5.41, 5.74) is 2.85. The van der Waals surface area contributed by atoms with Crippen LogP contribution in [0.2, 0.25) is 0 Å². The SMILES string of the molecule is CCOCCCNC(=O)[C@@H](c1ccc(C)cc1)N(Cc1ccc2c(c1)OCO2)C(=O)c1ccccn1. The zero-order valence-corrected chi connectivity index (χ0v) is 20.6. The highest BCUT2D eigenvalue weighted by molar-refractivity contribution is 5.96. The van der Waals surface area contributed by atoms with Gasteiger partial charge in [-0.2, -0.15) is 0 Å². The molecular weight excluding hydrogens is 458 g/mol. The number of ether oxygens (including phenoxy) is 3. The number of amides is 2. The molecule has 4 rings (SSSR count). The second-order valence-electron chi connectivity index (χ2n) is 8.49. The molecule has 1 aromatic heterocycles. The predicted octanol–water partition coefficient (Wildman–Crippen LogP) is 4.05. The van der Waals surface area contributed by atoms with Gasteiger partial charge in [0.15, 0.2) is 11.5 Å². The summed E-state index contributed by atoms with van der Waals surface area (Å²) in [5.74, 6) is 0.664. The van der Waals surface area contributed by atoms with Crippen LogP contribution in [0.25, 0.3) is 0 Å². The number of carbonyl (C=O) groups excluding carboxylic acids is 2. The number of aromatic nitrogens is 1. The molecule has 2 aromatic carbocycles. The molecule has 0 saturated heterocycles. The van der Waals surface area contributed by atoms with Crippen LogP contribution in [0.4, 0.5) is 0 Å². The highest BCUT2D eigenvalue weighted by Crippen LogP contribution is 2.34. The molecule has 8 heteroatoms. The van der Waals surface area contributed by atoms with Crippen LogP contribution in [0.3, 0.4) is 0 Å². The van der Waals surface area contributed by atoms with Crippen LogP contribution in [0.15, 0.2) is 66.9 Å². The monoisotopic (exact) mass is 489 g/mol. The van der Waals surface area contributed by atoms with E-state index in [0.29, 0.717) is 43.2 Å². The minimum Gasteiger partial charge on any atom is -0.454 e. The van der Waals surface area contributed by atoms with Crippen molar-refractivity contribution in [2.24, 2.45) is 0 Å². The Morgan fingerprint density at radius 2 is 1.89 bits per heavy atom. The highest BCUT2D eigenvalue weighted by Gasteiger charge is 2.33. The Labute approximate surface area is 211 Å². The summed E-state index contributed by atoms with van der Waals surface area (Å²) < 4.78 is 16.3. The fraction of sp³-hybridized carbons (Fsp3) is 0.321. The van der Waals surface area contributed by atoms with Gasteiger partial charge in [-0.05, 0) is 55.7 Å². The number of benzene rings is 2. The molecule has 8 nitrogen and oxygen atoms in total. The topological polar surface area (TPSA) is 90.0 Å². The van der Waals surface area contributed by atoms with Crippen molar-refractivity contribution in [2.45, 2.75) is 32.9 Å². The molecular formula is C28H31N3O5. The van der Waals surface area contributed by atoms with E-state index in [9.17, 15) is 9.59 Å². The standard InChI is InChI=1S/C28H31N3O5/c1-3-34-16-6-15-30-27(32)26(22-11-8-20(2)9-12-22)31(28(33)23-7-4-5-14-29-23)18-21-10-13-24-25(17-21)36-19-35-24/h4-5,7-14,17,26H,3,6,15-16,18-19H2,1-2H3,(H,30,32)/t26-/m1/s1. The molecule has 0 aliphatic carbocycles. The Morgan fingerprint density at radius 3 is 2.64 bits per heavy atom. The maximum Gasteiger partial charge on any atom is 0.273 e. The van der Waals surface area contributed by atoms with Gasteiger partial charge in [0.1, 0.15) is 11.7 Å². The van der Waals surface area contributed by atoms with Gasteiger partial charge in [0, 0.05) is 32.5 Å². The third-order valence-corrected chi connectivity index (χ3v) is 5.86. The molecule has 1 atom stereocenters. The summed E-state index contributed by atoms with van der Waals surface area (Å²) in [5, 5.41) is 2.99. The number of carbonyl (C=O) groups is 2. The summed E-state index contributed by atoms with van der Waals surface area (Å²) in [4.78, 5) is 33.2. The molecule has 188 valence electrons. The molecule has 3 aromatic rings. The first-order valence-corrected chi connectivity index (χ1v) is 12.1. The van der Waals surface area contributed by atoms with E-state index in [-0.39, 0.29) is 30.8 Å². The Bertz CT molecular complexity index is 1170. The smallest absolute Gasteiger partial charge is 0.273 e. The minimum absolute atomic E-state index is 0.158. The molecule has 0 radical (unpaired) electrons. The Morgan fingerprint density at radius 1 is 1.08 bits per heavy atom. The van der Waals surface area contributed by atoms with Crippen molar-refractivity contribution >= 4 is 11.8 Å². The lowest BCUT2D eigenvalue weighted by molar-refractivity contribution is -0.126. The van der Waals surface area contributed by atoms with Crippen LogP contribution in [-0.4, -0.2) is 48.2 Å². The molecule has 0 saturated carbocycles. The normalized spacial score (nSPS) is 12.7. The summed E-state index contributed by atoms with van der Waals surface area (Å²) >= 11 is 0. The van der Waals surface area contributed by atoms with Crippen molar-refractivity contribution in [3.8, 4) is 11.5 Å². The van der Waals surface area contributed by atoms with Gasteiger partial charge in [-0.15, -0.1) is 0 Å². The lowest BCUT2D eigenvalue weighted by Gasteiger charge is -2.31. The van der Waals surface area contributed by atoms with Crippen LogP contribution >= 0.6 is 0 Å². The zero-order valence-electron chi connectivity index (χ0n) is 20.6. The maximum atomic E-state index is 13.8. The number of fused-ring (bicyclic) bond motifs is 1. The first kappa shape index (κ1) is 25.2. The number of nitrogens with zero attached hydrogens (tertiary/aromatic N) is 2. The molecule has 2 heterocycles. The van der Waals surface area contributed by atoms with Gasteiger partial charge < -0.3 is 24.4 Å². The van der Waals surface area contributed by atoms with Gasteiger partial charge in [0.2, 0.25) is 12.7 Å². The van der Waals surface area contributed by atoms with E-state index in [2.05, 4.69) is 10.3 Å². The summed E-state index contributed by atoms with van der Waals surface area (Å²) in [6.07, 6.45) is 2.25. The fourth-order valence-electron chi connectivity index (χ4n) is 4.00. The van der Waals surface area contributed by atoms with Crippen LogP contribution in [0.5, 0.6) is 11.5 Å². The van der Waals surface area contributed by atoms with Crippen molar-refractivity contribution in [1.82, 2.24) is 15.2 Å². The lowest BCUT2D eigenvalue weighted by atomic mass is 10.0. The minimum atomic E-state index is -0.863. The number of hydrogen-bond donors (Lipinski definition) is 1. The van der Waals surface area contributed by atoms with Crippen LogP contribution in [0.1, 0.15) is 46.6 Å². The molecule has 0 fully saturated rings. The highest BCUT2D eigenvalue weighted by atomic mass is 16.7. The number of pyridine rings is 1. The molecule has 1 N–H and O–H groups in total. The first-order valence-electron chi connectivity index (χ1n) is 12.1. The number of rotatable bonds is 11. The van der Waals surface area contributed by atoms with Gasteiger partial charge in [-0.1, -0.05) is 42.0 Å². The van der Waals surface area contributed by atoms with E-state index in [0.717, 1.165) is 11.1 Å².